The van der Waals surface area contributed by atoms with Gasteiger partial charge >= 0.3 is 5.97 Å². The monoisotopic (exact) mass is 252 g/mol. The average Bonchev–Trinajstić information content (AvgIpc) is 2.30. The van der Waals surface area contributed by atoms with Crippen molar-refractivity contribution in [1.29, 1.82) is 0 Å². The van der Waals surface area contributed by atoms with Crippen molar-refractivity contribution in [2.45, 2.75) is 13.0 Å². The lowest BCUT2D eigenvalue weighted by Gasteiger charge is -2.19. The van der Waals surface area contributed by atoms with Crippen LogP contribution in [0.15, 0.2) is 12.3 Å². The number of nitrogen functional groups attached to an aromatic ring is 1. The second-order valence-electron chi connectivity index (χ2n) is 4.02. The molecule has 0 radical (unpaired) electrons. The van der Waals surface area contributed by atoms with Gasteiger partial charge in [-0.05, 0) is 13.0 Å². The number of nitrogens with one attached hydrogen (secondary N) is 1. The van der Waals surface area contributed by atoms with Crippen molar-refractivity contribution in [2.75, 3.05) is 25.1 Å². The van der Waals surface area contributed by atoms with Gasteiger partial charge in [-0.1, -0.05) is 0 Å². The van der Waals surface area contributed by atoms with E-state index in [1.807, 2.05) is 0 Å². The zero-order valence-corrected chi connectivity index (χ0v) is 10.5. The highest BCUT2D eigenvalue weighted by atomic mass is 16.4. The Labute approximate surface area is 105 Å². The molecule has 1 atom stereocenters. The van der Waals surface area contributed by atoms with E-state index in [2.05, 4.69) is 10.3 Å². The second kappa shape index (κ2) is 5.35. The lowest BCUT2D eigenvalue weighted by atomic mass is 10.2. The van der Waals surface area contributed by atoms with Crippen LogP contribution in [0.1, 0.15) is 17.3 Å². The van der Waals surface area contributed by atoms with E-state index in [0.717, 1.165) is 0 Å². The number of hydrogen-bond acceptors (Lipinski definition) is 5. The van der Waals surface area contributed by atoms with Crippen LogP contribution >= 0.6 is 0 Å². The van der Waals surface area contributed by atoms with Gasteiger partial charge in [0, 0.05) is 20.3 Å². The van der Waals surface area contributed by atoms with Crippen molar-refractivity contribution in [3.8, 4) is 0 Å². The van der Waals surface area contributed by atoms with Crippen LogP contribution in [0.2, 0.25) is 0 Å². The Balaban J connectivity index is 2.95. The third kappa shape index (κ3) is 2.88. The summed E-state index contributed by atoms with van der Waals surface area (Å²) in [5, 5.41) is 11.7. The van der Waals surface area contributed by atoms with Crippen molar-refractivity contribution < 1.29 is 14.7 Å². The van der Waals surface area contributed by atoms with Crippen LogP contribution in [-0.4, -0.2) is 47.0 Å². The highest BCUT2D eigenvalue weighted by Crippen LogP contribution is 2.20. The summed E-state index contributed by atoms with van der Waals surface area (Å²) in [6.07, 6.45) is 1.33. The molecule has 0 spiro atoms. The molecule has 0 bridgehead atoms. The molecule has 18 heavy (non-hydrogen) atoms. The third-order valence-electron chi connectivity index (χ3n) is 2.38. The summed E-state index contributed by atoms with van der Waals surface area (Å²) in [6, 6.07) is 0.764. The number of anilines is 2. The molecule has 0 aliphatic carbocycles. The maximum absolute atomic E-state index is 11.7. The number of nitrogens with zero attached hydrogens (tertiary/aromatic N) is 2. The number of amides is 1. The molecule has 7 heteroatoms. The SMILES string of the molecule is CC(Nc1nccc(C(=O)O)c1N)C(=O)N(C)C. The maximum atomic E-state index is 11.7. The Kier molecular flexibility index (Phi) is 4.09. The molecular weight excluding hydrogens is 236 g/mol. The molecule has 4 N–H and O–H groups in total. The number of carboxylic acid groups (broad SMARTS) is 1. The summed E-state index contributed by atoms with van der Waals surface area (Å²) in [7, 11) is 3.26. The number of aromatic nitrogens is 1. The van der Waals surface area contributed by atoms with Gasteiger partial charge in [-0.25, -0.2) is 9.78 Å². The van der Waals surface area contributed by atoms with Gasteiger partial charge in [-0.2, -0.15) is 0 Å². The van der Waals surface area contributed by atoms with Gasteiger partial charge in [0.1, 0.15) is 6.04 Å². The van der Waals surface area contributed by atoms with Gasteiger partial charge in [0.25, 0.3) is 0 Å². The quantitative estimate of drug-likeness (QED) is 0.708. The van der Waals surface area contributed by atoms with E-state index in [-0.39, 0.29) is 23.0 Å². The molecule has 0 aromatic carbocycles. The maximum Gasteiger partial charge on any atom is 0.337 e. The van der Waals surface area contributed by atoms with E-state index >= 15 is 0 Å². The Morgan fingerprint density at radius 2 is 2.11 bits per heavy atom. The Bertz CT molecular complexity index is 473. The van der Waals surface area contributed by atoms with Gasteiger partial charge in [0.05, 0.1) is 11.3 Å². The van der Waals surface area contributed by atoms with Crippen molar-refractivity contribution in [2.24, 2.45) is 0 Å². The van der Waals surface area contributed by atoms with E-state index < -0.39 is 12.0 Å². The zero-order chi connectivity index (χ0) is 13.9. The first-order chi connectivity index (χ1) is 8.34. The molecular formula is C11H16N4O3. The van der Waals surface area contributed by atoms with Gasteiger partial charge in [0.2, 0.25) is 5.91 Å². The summed E-state index contributed by atoms with van der Waals surface area (Å²) < 4.78 is 0. The minimum Gasteiger partial charge on any atom is -0.478 e. The first-order valence-electron chi connectivity index (χ1n) is 5.30. The van der Waals surface area contributed by atoms with Crippen LogP contribution in [0.5, 0.6) is 0 Å². The number of carboxylic acids is 1. The van der Waals surface area contributed by atoms with Crippen LogP contribution < -0.4 is 11.1 Å². The lowest BCUT2D eigenvalue weighted by Crippen LogP contribution is -2.37. The molecule has 1 unspecified atom stereocenters. The summed E-state index contributed by atoms with van der Waals surface area (Å²) in [5.41, 5.74) is 5.65. The van der Waals surface area contributed by atoms with Crippen molar-refractivity contribution in [3.05, 3.63) is 17.8 Å². The Hall–Kier alpha value is -2.31. The third-order valence-corrected chi connectivity index (χ3v) is 2.38. The molecule has 7 nitrogen and oxygen atoms in total. The van der Waals surface area contributed by atoms with Crippen molar-refractivity contribution in [1.82, 2.24) is 9.88 Å². The molecule has 1 rings (SSSR count). The van der Waals surface area contributed by atoms with Crippen molar-refractivity contribution >= 4 is 23.4 Å². The van der Waals surface area contributed by atoms with Gasteiger partial charge < -0.3 is 21.1 Å². The molecule has 1 heterocycles. The van der Waals surface area contributed by atoms with Crippen LogP contribution in [0.25, 0.3) is 0 Å². The van der Waals surface area contributed by atoms with E-state index in [0.29, 0.717) is 0 Å². The predicted octanol–water partition coefficient (Wildman–Crippen LogP) is 0.251. The number of carbonyl (C=O) groups is 2. The van der Waals surface area contributed by atoms with Gasteiger partial charge in [-0.3, -0.25) is 4.79 Å². The van der Waals surface area contributed by atoms with Crippen LogP contribution in [0.4, 0.5) is 11.5 Å². The molecule has 0 aliphatic heterocycles. The van der Waals surface area contributed by atoms with E-state index in [9.17, 15) is 9.59 Å². The number of likely N-dealkylation sites (N-methyl/N-ethyl adjacent to an activating group) is 1. The van der Waals surface area contributed by atoms with Crippen molar-refractivity contribution in [3.63, 3.8) is 0 Å². The zero-order valence-electron chi connectivity index (χ0n) is 10.5. The fraction of sp³-hybridized carbons (Fsp3) is 0.364. The molecule has 98 valence electrons. The van der Waals surface area contributed by atoms with Crippen LogP contribution in [-0.2, 0) is 4.79 Å². The molecule has 0 saturated carbocycles. The molecule has 0 fully saturated rings. The van der Waals surface area contributed by atoms with Crippen LogP contribution in [0.3, 0.4) is 0 Å². The number of hydrogen-bond donors (Lipinski definition) is 3. The summed E-state index contributed by atoms with van der Waals surface area (Å²) >= 11 is 0. The molecule has 0 saturated heterocycles. The predicted molar refractivity (Wildman–Crippen MR) is 67.4 cm³/mol. The largest absolute Gasteiger partial charge is 0.478 e. The normalized spacial score (nSPS) is 11.7. The molecule has 1 amide bonds. The van der Waals surface area contributed by atoms with Gasteiger partial charge in [-0.15, -0.1) is 0 Å². The topological polar surface area (TPSA) is 109 Å². The smallest absolute Gasteiger partial charge is 0.337 e. The molecule has 1 aromatic heterocycles. The second-order valence-corrected chi connectivity index (χ2v) is 4.02. The first kappa shape index (κ1) is 13.8. The number of rotatable bonds is 4. The molecule has 0 aliphatic rings. The number of carbonyl (C=O) groups excluding carboxylic acids is 1. The fourth-order valence-corrected chi connectivity index (χ4v) is 1.43. The first-order valence-corrected chi connectivity index (χ1v) is 5.30. The summed E-state index contributed by atoms with van der Waals surface area (Å²) in [6.45, 7) is 1.65. The lowest BCUT2D eigenvalue weighted by molar-refractivity contribution is -0.129. The minimum atomic E-state index is -1.13. The van der Waals surface area contributed by atoms with Crippen LogP contribution in [0, 0.1) is 0 Å². The number of aromatic carboxylic acids is 1. The minimum absolute atomic E-state index is 0.0170. The highest BCUT2D eigenvalue weighted by molar-refractivity contribution is 5.96. The number of nitrogens with two attached hydrogens (primary N) is 1. The highest BCUT2D eigenvalue weighted by Gasteiger charge is 2.18. The average molecular weight is 252 g/mol. The Morgan fingerprint density at radius 1 is 1.50 bits per heavy atom. The van der Waals surface area contributed by atoms with Gasteiger partial charge in [0.15, 0.2) is 5.82 Å². The van der Waals surface area contributed by atoms with E-state index in [4.69, 9.17) is 10.8 Å². The fourth-order valence-electron chi connectivity index (χ4n) is 1.43. The standard InChI is InChI=1S/C11H16N4O3/c1-6(10(16)15(2)3)14-9-8(12)7(11(17)18)4-5-13-9/h4-6H,12H2,1-3H3,(H,13,14)(H,17,18). The Morgan fingerprint density at radius 3 is 2.61 bits per heavy atom. The van der Waals surface area contributed by atoms with E-state index in [1.165, 1.54) is 17.2 Å². The van der Waals surface area contributed by atoms with E-state index in [1.54, 1.807) is 21.0 Å². The summed E-state index contributed by atoms with van der Waals surface area (Å²) in [5.74, 6) is -1.10. The molecule has 1 aromatic rings. The number of pyridine rings is 1. The summed E-state index contributed by atoms with van der Waals surface area (Å²) in [4.78, 5) is 27.9.